The number of rotatable bonds is 17. The normalized spacial score (nSPS) is 14.3. The molecule has 4 unspecified atom stereocenters. The molecule has 1 aromatic rings. The monoisotopic (exact) mass is 555 g/mol. The minimum atomic E-state index is -1.16. The van der Waals surface area contributed by atoms with E-state index in [-0.39, 0.29) is 31.1 Å². The molecule has 8 N–H and O–H groups in total. The summed E-state index contributed by atoms with van der Waals surface area (Å²) < 4.78 is 0. The fourth-order valence-electron chi connectivity index (χ4n) is 3.40. The lowest BCUT2D eigenvalue weighted by atomic mass is 10.0. The lowest BCUT2D eigenvalue weighted by Crippen LogP contribution is -2.57. The first kappa shape index (κ1) is 32.9. The fourth-order valence-corrected chi connectivity index (χ4v) is 3.87. The van der Waals surface area contributed by atoms with Gasteiger partial charge in [-0.15, -0.1) is 0 Å². The van der Waals surface area contributed by atoms with Crippen LogP contribution in [-0.2, 0) is 30.4 Å². The van der Waals surface area contributed by atoms with Crippen molar-refractivity contribution in [2.45, 2.75) is 71.1 Å². The molecule has 4 atom stereocenters. The number of aromatic nitrogens is 2. The molecule has 0 fully saturated rings. The topological polar surface area (TPSA) is 208 Å². The predicted molar refractivity (Wildman–Crippen MR) is 144 cm³/mol. The molecule has 0 aromatic carbocycles. The number of hydrogen-bond donors (Lipinski definition) is 7. The van der Waals surface area contributed by atoms with Crippen molar-refractivity contribution in [2.75, 3.05) is 18.6 Å². The molecule has 14 heteroatoms. The Hall–Kier alpha value is -3.13. The molecule has 4 amide bonds. The number of carbonyl (C=O) groups excluding carboxylic acids is 4. The van der Waals surface area contributed by atoms with Gasteiger partial charge in [0.25, 0.3) is 0 Å². The Bertz CT molecular complexity index is 925. The Labute approximate surface area is 227 Å². The molecular weight excluding hydrogens is 514 g/mol. The molecule has 0 aliphatic carbocycles. The zero-order valence-corrected chi connectivity index (χ0v) is 23.4. The molecule has 0 radical (unpaired) electrons. The van der Waals surface area contributed by atoms with Gasteiger partial charge in [-0.2, -0.15) is 11.8 Å². The lowest BCUT2D eigenvalue weighted by molar-refractivity contribution is -0.142. The minimum absolute atomic E-state index is 0.00144. The third-order valence-corrected chi connectivity index (χ3v) is 6.28. The van der Waals surface area contributed by atoms with E-state index in [1.807, 2.05) is 20.1 Å². The van der Waals surface area contributed by atoms with Crippen LogP contribution in [0.1, 0.15) is 46.2 Å². The third kappa shape index (κ3) is 11.9. The maximum Gasteiger partial charge on any atom is 0.326 e. The SMILES string of the molecule is CSCCC(NC(=O)C(CC(C)C)NC(=O)C(Cc1cnc[nH]1)NC(=O)CNC(=O)C(N)C(C)C)C(=O)O. The van der Waals surface area contributed by atoms with Crippen LogP contribution in [0.2, 0.25) is 0 Å². The van der Waals surface area contributed by atoms with E-state index in [4.69, 9.17) is 5.73 Å². The molecule has 1 aromatic heterocycles. The summed E-state index contributed by atoms with van der Waals surface area (Å²) >= 11 is 1.46. The van der Waals surface area contributed by atoms with Gasteiger partial charge in [0.2, 0.25) is 23.6 Å². The lowest BCUT2D eigenvalue weighted by Gasteiger charge is -2.25. The van der Waals surface area contributed by atoms with Gasteiger partial charge in [-0.25, -0.2) is 9.78 Å². The molecular formula is C24H41N7O6S. The van der Waals surface area contributed by atoms with Gasteiger partial charge < -0.3 is 37.1 Å². The molecule has 0 spiro atoms. The number of nitrogens with two attached hydrogens (primary N) is 1. The summed E-state index contributed by atoms with van der Waals surface area (Å²) in [5.41, 5.74) is 6.35. The number of nitrogens with zero attached hydrogens (tertiary/aromatic N) is 1. The molecule has 0 saturated carbocycles. The summed E-state index contributed by atoms with van der Waals surface area (Å²) in [6.45, 7) is 6.89. The van der Waals surface area contributed by atoms with Crippen molar-refractivity contribution >= 4 is 41.4 Å². The number of carboxylic acid groups (broad SMARTS) is 1. The van der Waals surface area contributed by atoms with Crippen LogP contribution in [0, 0.1) is 11.8 Å². The van der Waals surface area contributed by atoms with E-state index in [0.717, 1.165) is 0 Å². The highest BCUT2D eigenvalue weighted by molar-refractivity contribution is 7.98. The van der Waals surface area contributed by atoms with Gasteiger partial charge >= 0.3 is 5.97 Å². The van der Waals surface area contributed by atoms with Crippen LogP contribution < -0.4 is 27.0 Å². The number of H-pyrrole nitrogens is 1. The van der Waals surface area contributed by atoms with E-state index in [2.05, 4.69) is 31.2 Å². The molecule has 0 aliphatic rings. The number of nitrogens with one attached hydrogen (secondary N) is 5. The summed E-state index contributed by atoms with van der Waals surface area (Å²) in [6.07, 6.45) is 5.28. The van der Waals surface area contributed by atoms with Crippen molar-refractivity contribution in [3.63, 3.8) is 0 Å². The van der Waals surface area contributed by atoms with Gasteiger partial charge in [-0.3, -0.25) is 19.2 Å². The summed E-state index contributed by atoms with van der Waals surface area (Å²) in [5.74, 6) is -3.13. The van der Waals surface area contributed by atoms with Crippen LogP contribution in [0.3, 0.4) is 0 Å². The number of thioether (sulfide) groups is 1. The average molecular weight is 556 g/mol. The third-order valence-electron chi connectivity index (χ3n) is 5.64. The maximum atomic E-state index is 13.3. The number of hydrogen-bond acceptors (Lipinski definition) is 8. The zero-order chi connectivity index (χ0) is 28.8. The van der Waals surface area contributed by atoms with E-state index in [9.17, 15) is 29.1 Å². The van der Waals surface area contributed by atoms with Gasteiger partial charge in [-0.05, 0) is 36.7 Å². The Morgan fingerprint density at radius 1 is 1.00 bits per heavy atom. The highest BCUT2D eigenvalue weighted by Gasteiger charge is 2.30. The molecule has 1 rings (SSSR count). The first-order valence-corrected chi connectivity index (χ1v) is 13.9. The number of imidazole rings is 1. The van der Waals surface area contributed by atoms with Crippen LogP contribution in [0.5, 0.6) is 0 Å². The van der Waals surface area contributed by atoms with Crippen molar-refractivity contribution in [3.8, 4) is 0 Å². The Morgan fingerprint density at radius 3 is 2.16 bits per heavy atom. The molecule has 1 heterocycles. The van der Waals surface area contributed by atoms with Crippen LogP contribution in [0.4, 0.5) is 0 Å². The van der Waals surface area contributed by atoms with Gasteiger partial charge in [0.05, 0.1) is 18.9 Å². The molecule has 0 aliphatic heterocycles. The van der Waals surface area contributed by atoms with Crippen LogP contribution in [-0.4, -0.2) is 87.4 Å². The summed E-state index contributed by atoms with van der Waals surface area (Å²) in [5, 5.41) is 19.7. The second kappa shape index (κ2) is 16.7. The zero-order valence-electron chi connectivity index (χ0n) is 22.6. The standard InChI is InChI=1S/C24H41N7O6S/c1-13(2)8-17(21(33)30-16(24(36)37)6-7-38-5)31-22(34)18(9-15-10-26-12-28-15)29-19(32)11-27-23(35)20(25)14(3)4/h10,12-14,16-18,20H,6-9,11,25H2,1-5H3,(H,26,28)(H,27,35)(H,29,32)(H,30,33)(H,31,34)(H,36,37). The van der Waals surface area contributed by atoms with Crippen LogP contribution in [0.15, 0.2) is 12.5 Å². The largest absolute Gasteiger partial charge is 0.480 e. The van der Waals surface area contributed by atoms with Gasteiger partial charge in [-0.1, -0.05) is 27.7 Å². The molecule has 214 valence electrons. The van der Waals surface area contributed by atoms with Crippen molar-refractivity contribution in [3.05, 3.63) is 18.2 Å². The minimum Gasteiger partial charge on any atom is -0.480 e. The van der Waals surface area contributed by atoms with E-state index in [1.165, 1.54) is 24.3 Å². The van der Waals surface area contributed by atoms with Gasteiger partial charge in [0.1, 0.15) is 18.1 Å². The van der Waals surface area contributed by atoms with E-state index in [1.54, 1.807) is 13.8 Å². The summed E-state index contributed by atoms with van der Waals surface area (Å²) in [6, 6.07) is -4.01. The highest BCUT2D eigenvalue weighted by atomic mass is 32.2. The van der Waals surface area contributed by atoms with Gasteiger partial charge in [0, 0.05) is 18.3 Å². The van der Waals surface area contributed by atoms with Crippen molar-refractivity contribution in [1.29, 1.82) is 0 Å². The van der Waals surface area contributed by atoms with Crippen LogP contribution >= 0.6 is 11.8 Å². The van der Waals surface area contributed by atoms with Gasteiger partial charge in [0.15, 0.2) is 0 Å². The number of aromatic amines is 1. The molecule has 0 saturated heterocycles. The predicted octanol–water partition coefficient (Wildman–Crippen LogP) is -0.610. The first-order chi connectivity index (χ1) is 17.8. The number of amides is 4. The Kier molecular flexibility index (Phi) is 14.4. The van der Waals surface area contributed by atoms with E-state index < -0.39 is 60.3 Å². The average Bonchev–Trinajstić information content (AvgIpc) is 3.36. The summed E-state index contributed by atoms with van der Waals surface area (Å²) in [4.78, 5) is 69.3. The van der Waals surface area contributed by atoms with Crippen molar-refractivity contribution in [1.82, 2.24) is 31.2 Å². The number of carboxylic acids is 1. The molecule has 0 bridgehead atoms. The fraction of sp³-hybridized carbons (Fsp3) is 0.667. The van der Waals surface area contributed by atoms with Crippen molar-refractivity contribution in [2.24, 2.45) is 17.6 Å². The second-order valence-electron chi connectivity index (χ2n) is 9.76. The van der Waals surface area contributed by atoms with Crippen molar-refractivity contribution < 1.29 is 29.1 Å². The first-order valence-electron chi connectivity index (χ1n) is 12.5. The smallest absolute Gasteiger partial charge is 0.326 e. The number of aliphatic carboxylic acids is 1. The second-order valence-corrected chi connectivity index (χ2v) is 10.7. The Morgan fingerprint density at radius 2 is 1.63 bits per heavy atom. The maximum absolute atomic E-state index is 13.3. The van der Waals surface area contributed by atoms with E-state index in [0.29, 0.717) is 11.4 Å². The quantitative estimate of drug-likeness (QED) is 0.131. The van der Waals surface area contributed by atoms with Crippen LogP contribution in [0.25, 0.3) is 0 Å². The number of carbonyl (C=O) groups is 5. The summed E-state index contributed by atoms with van der Waals surface area (Å²) in [7, 11) is 0. The highest BCUT2D eigenvalue weighted by Crippen LogP contribution is 2.09. The molecule has 13 nitrogen and oxygen atoms in total. The van der Waals surface area contributed by atoms with E-state index >= 15 is 0 Å². The molecule has 38 heavy (non-hydrogen) atoms. The Balaban J connectivity index is 2.98.